The van der Waals surface area contributed by atoms with Gasteiger partial charge in [0.15, 0.2) is 0 Å². The van der Waals surface area contributed by atoms with E-state index in [4.69, 9.17) is 17.3 Å². The lowest BCUT2D eigenvalue weighted by Crippen LogP contribution is -2.18. The van der Waals surface area contributed by atoms with Crippen LogP contribution in [-0.4, -0.2) is 12.3 Å². The number of hydrogen-bond acceptors (Lipinski definition) is 2. The SMILES string of the molecule is CC(CN)C1CSc2c(Cl)cccc21. The maximum absolute atomic E-state index is 6.13. The highest BCUT2D eigenvalue weighted by Crippen LogP contribution is 2.46. The molecule has 2 atom stereocenters. The molecule has 2 N–H and O–H groups in total. The molecule has 1 aliphatic rings. The summed E-state index contributed by atoms with van der Waals surface area (Å²) in [5.74, 6) is 2.25. The van der Waals surface area contributed by atoms with Gasteiger partial charge in [0.2, 0.25) is 0 Å². The van der Waals surface area contributed by atoms with Crippen LogP contribution in [0.5, 0.6) is 0 Å². The van der Waals surface area contributed by atoms with E-state index in [1.165, 1.54) is 10.5 Å². The highest BCUT2D eigenvalue weighted by molar-refractivity contribution is 7.99. The molecule has 1 aromatic rings. The predicted molar refractivity (Wildman–Crippen MR) is 63.1 cm³/mol. The Balaban J connectivity index is 2.35. The highest BCUT2D eigenvalue weighted by atomic mass is 35.5. The molecular weight excluding hydrogens is 214 g/mol. The van der Waals surface area contributed by atoms with Crippen LogP contribution in [0.3, 0.4) is 0 Å². The minimum Gasteiger partial charge on any atom is -0.330 e. The molecule has 76 valence electrons. The Labute approximate surface area is 94.0 Å². The molecule has 2 unspecified atom stereocenters. The second-order valence-electron chi connectivity index (χ2n) is 3.79. The van der Waals surface area contributed by atoms with E-state index in [0.717, 1.165) is 17.3 Å². The van der Waals surface area contributed by atoms with Gasteiger partial charge in [0.25, 0.3) is 0 Å². The van der Waals surface area contributed by atoms with Crippen molar-refractivity contribution in [2.45, 2.75) is 17.7 Å². The van der Waals surface area contributed by atoms with E-state index in [1.54, 1.807) is 0 Å². The Morgan fingerprint density at radius 2 is 2.43 bits per heavy atom. The van der Waals surface area contributed by atoms with Gasteiger partial charge in [0.05, 0.1) is 5.02 Å². The van der Waals surface area contributed by atoms with Gasteiger partial charge in [-0.15, -0.1) is 11.8 Å². The first-order valence-corrected chi connectivity index (χ1v) is 6.21. The molecule has 1 aliphatic heterocycles. The first-order valence-electron chi connectivity index (χ1n) is 4.85. The van der Waals surface area contributed by atoms with Crippen LogP contribution >= 0.6 is 23.4 Å². The largest absolute Gasteiger partial charge is 0.330 e. The van der Waals surface area contributed by atoms with Crippen LogP contribution < -0.4 is 5.73 Å². The van der Waals surface area contributed by atoms with E-state index in [0.29, 0.717) is 11.8 Å². The highest BCUT2D eigenvalue weighted by Gasteiger charge is 2.28. The minimum atomic E-state index is 0.544. The van der Waals surface area contributed by atoms with Crippen molar-refractivity contribution in [1.82, 2.24) is 0 Å². The van der Waals surface area contributed by atoms with E-state index >= 15 is 0 Å². The van der Waals surface area contributed by atoms with Gasteiger partial charge in [-0.3, -0.25) is 0 Å². The zero-order chi connectivity index (χ0) is 10.1. The first kappa shape index (κ1) is 10.3. The van der Waals surface area contributed by atoms with Crippen molar-refractivity contribution in [3.63, 3.8) is 0 Å². The van der Waals surface area contributed by atoms with Gasteiger partial charge in [0, 0.05) is 10.6 Å². The molecule has 1 nitrogen and oxygen atoms in total. The number of fused-ring (bicyclic) bond motifs is 1. The third-order valence-corrected chi connectivity index (χ3v) is 4.56. The van der Waals surface area contributed by atoms with Crippen molar-refractivity contribution in [1.29, 1.82) is 0 Å². The van der Waals surface area contributed by atoms with Crippen molar-refractivity contribution >= 4 is 23.4 Å². The van der Waals surface area contributed by atoms with Crippen LogP contribution in [0.2, 0.25) is 5.02 Å². The van der Waals surface area contributed by atoms with Crippen molar-refractivity contribution in [3.05, 3.63) is 28.8 Å². The number of halogens is 1. The van der Waals surface area contributed by atoms with Crippen LogP contribution in [0.15, 0.2) is 23.1 Å². The Morgan fingerprint density at radius 1 is 1.64 bits per heavy atom. The molecule has 2 rings (SSSR count). The van der Waals surface area contributed by atoms with E-state index in [1.807, 2.05) is 23.9 Å². The zero-order valence-electron chi connectivity index (χ0n) is 8.16. The van der Waals surface area contributed by atoms with Crippen LogP contribution in [0.25, 0.3) is 0 Å². The minimum absolute atomic E-state index is 0.544. The molecule has 0 aromatic heterocycles. The van der Waals surface area contributed by atoms with Gasteiger partial charge >= 0.3 is 0 Å². The summed E-state index contributed by atoms with van der Waals surface area (Å²) in [6, 6.07) is 6.17. The Hall–Kier alpha value is -0.180. The number of rotatable bonds is 2. The predicted octanol–water partition coefficient (Wildman–Crippen LogP) is 3.12. The second kappa shape index (κ2) is 4.13. The molecule has 0 spiro atoms. The van der Waals surface area contributed by atoms with Crippen LogP contribution in [0, 0.1) is 5.92 Å². The third kappa shape index (κ3) is 1.67. The number of thioether (sulfide) groups is 1. The number of benzene rings is 1. The Morgan fingerprint density at radius 3 is 3.14 bits per heavy atom. The second-order valence-corrected chi connectivity index (χ2v) is 5.23. The molecule has 1 heterocycles. The molecule has 0 fully saturated rings. The average Bonchev–Trinajstić information content (AvgIpc) is 2.62. The summed E-state index contributed by atoms with van der Waals surface area (Å²) in [6.45, 7) is 2.96. The van der Waals surface area contributed by atoms with Crippen LogP contribution in [0.1, 0.15) is 18.4 Å². The van der Waals surface area contributed by atoms with Crippen molar-refractivity contribution < 1.29 is 0 Å². The molecule has 14 heavy (non-hydrogen) atoms. The maximum atomic E-state index is 6.13. The summed E-state index contributed by atoms with van der Waals surface area (Å²) in [6.07, 6.45) is 0. The van der Waals surface area contributed by atoms with Crippen molar-refractivity contribution in [2.75, 3.05) is 12.3 Å². The van der Waals surface area contributed by atoms with Gasteiger partial charge < -0.3 is 5.73 Å². The lowest BCUT2D eigenvalue weighted by atomic mass is 9.89. The smallest absolute Gasteiger partial charge is 0.0544 e. The summed E-state index contributed by atoms with van der Waals surface area (Å²) < 4.78 is 0. The Kier molecular flexibility index (Phi) is 3.05. The summed E-state index contributed by atoms with van der Waals surface area (Å²) >= 11 is 7.99. The molecule has 1 aromatic carbocycles. The van der Waals surface area contributed by atoms with Gasteiger partial charge in [0.1, 0.15) is 0 Å². The monoisotopic (exact) mass is 227 g/mol. The normalized spacial score (nSPS) is 22.1. The van der Waals surface area contributed by atoms with Crippen molar-refractivity contribution in [2.24, 2.45) is 11.7 Å². The molecule has 3 heteroatoms. The third-order valence-electron chi connectivity index (χ3n) is 2.86. The first-order chi connectivity index (χ1) is 6.74. The molecular formula is C11H14ClNS. The molecule has 0 saturated carbocycles. The average molecular weight is 228 g/mol. The molecule has 0 aliphatic carbocycles. The molecule has 0 radical (unpaired) electrons. The van der Waals surface area contributed by atoms with E-state index < -0.39 is 0 Å². The van der Waals surface area contributed by atoms with Gasteiger partial charge in [-0.1, -0.05) is 30.7 Å². The maximum Gasteiger partial charge on any atom is 0.0544 e. The number of nitrogens with two attached hydrogens (primary N) is 1. The zero-order valence-corrected chi connectivity index (χ0v) is 9.74. The van der Waals surface area contributed by atoms with E-state index in [9.17, 15) is 0 Å². The van der Waals surface area contributed by atoms with E-state index in [-0.39, 0.29) is 0 Å². The quantitative estimate of drug-likeness (QED) is 0.840. The fraction of sp³-hybridized carbons (Fsp3) is 0.455. The lowest BCUT2D eigenvalue weighted by molar-refractivity contribution is 0.506. The summed E-state index contributed by atoms with van der Waals surface area (Å²) in [7, 11) is 0. The standard InChI is InChI=1S/C11H14ClNS/c1-7(5-13)9-6-14-11-8(9)3-2-4-10(11)12/h2-4,7,9H,5-6,13H2,1H3. The van der Waals surface area contributed by atoms with Gasteiger partial charge in [-0.2, -0.15) is 0 Å². The lowest BCUT2D eigenvalue weighted by Gasteiger charge is -2.17. The number of hydrogen-bond donors (Lipinski definition) is 1. The molecule has 0 saturated heterocycles. The van der Waals surface area contributed by atoms with Crippen molar-refractivity contribution in [3.8, 4) is 0 Å². The summed E-state index contributed by atoms with van der Waals surface area (Å²) in [5, 5.41) is 0.888. The van der Waals surface area contributed by atoms with Crippen LogP contribution in [0.4, 0.5) is 0 Å². The topological polar surface area (TPSA) is 26.0 Å². The molecule has 0 amide bonds. The van der Waals surface area contributed by atoms with Gasteiger partial charge in [-0.05, 0) is 30.0 Å². The molecule has 0 bridgehead atoms. The summed E-state index contributed by atoms with van der Waals surface area (Å²) in [5.41, 5.74) is 7.09. The van der Waals surface area contributed by atoms with Crippen LogP contribution in [-0.2, 0) is 0 Å². The fourth-order valence-electron chi connectivity index (χ4n) is 1.87. The Bertz CT molecular complexity index is 340. The fourth-order valence-corrected chi connectivity index (χ4v) is 3.66. The summed E-state index contributed by atoms with van der Waals surface area (Å²) in [4.78, 5) is 1.26. The van der Waals surface area contributed by atoms with Gasteiger partial charge in [-0.25, -0.2) is 0 Å². The van der Waals surface area contributed by atoms with E-state index in [2.05, 4.69) is 13.0 Å².